The van der Waals surface area contributed by atoms with E-state index in [0.29, 0.717) is 18.3 Å². The van der Waals surface area contributed by atoms with Crippen molar-refractivity contribution in [3.05, 3.63) is 66.2 Å². The Hall–Kier alpha value is -2.78. The third kappa shape index (κ3) is 5.97. The highest BCUT2D eigenvalue weighted by Gasteiger charge is 2.20. The van der Waals surface area contributed by atoms with Crippen LogP contribution in [0.5, 0.6) is 0 Å². The molecule has 176 valence electrons. The molecule has 0 bridgehead atoms. The lowest BCUT2D eigenvalue weighted by Gasteiger charge is -2.25. The number of nitrogens with one attached hydrogen (secondary N) is 2. The molecule has 1 saturated carbocycles. The minimum atomic E-state index is -3.97. The third-order valence-corrected chi connectivity index (χ3v) is 7.58. The molecule has 0 spiro atoms. The van der Waals surface area contributed by atoms with E-state index >= 15 is 0 Å². The van der Waals surface area contributed by atoms with Gasteiger partial charge < -0.3 is 5.32 Å². The van der Waals surface area contributed by atoms with Crippen molar-refractivity contribution in [1.29, 1.82) is 0 Å². The standard InChI is InChI=1S/C24H30FN5O2S/c1-18(15-19-7-3-2-4-8-19)26-17-20-9-5-6-10-23(20)28-33(31,32)21-11-12-24(22(25)16-21)30-14-13-27-29-30/h5-6,9-14,16,18-19,26,28H,2-4,7-8,15,17H2,1H3. The molecule has 1 fully saturated rings. The lowest BCUT2D eigenvalue weighted by Crippen LogP contribution is -2.29. The van der Waals surface area contributed by atoms with Gasteiger partial charge in [-0.3, -0.25) is 4.72 Å². The third-order valence-electron chi connectivity index (χ3n) is 6.21. The fourth-order valence-electron chi connectivity index (χ4n) is 4.45. The largest absolute Gasteiger partial charge is 0.310 e. The van der Waals surface area contributed by atoms with Gasteiger partial charge in [0.1, 0.15) is 11.5 Å². The van der Waals surface area contributed by atoms with Crippen molar-refractivity contribution in [2.75, 3.05) is 4.72 Å². The summed E-state index contributed by atoms with van der Waals surface area (Å²) in [4.78, 5) is -0.155. The number of sulfonamides is 1. The monoisotopic (exact) mass is 471 g/mol. The van der Waals surface area contributed by atoms with Crippen LogP contribution in [-0.4, -0.2) is 29.5 Å². The Labute approximate surface area is 194 Å². The molecule has 1 aliphatic carbocycles. The zero-order chi connectivity index (χ0) is 23.3. The molecule has 4 rings (SSSR count). The highest BCUT2D eigenvalue weighted by atomic mass is 32.2. The molecule has 9 heteroatoms. The van der Waals surface area contributed by atoms with Crippen LogP contribution in [0, 0.1) is 11.7 Å². The molecule has 2 aromatic carbocycles. The van der Waals surface area contributed by atoms with Crippen molar-refractivity contribution < 1.29 is 12.8 Å². The summed E-state index contributed by atoms with van der Waals surface area (Å²) in [7, 11) is -3.97. The molecular weight excluding hydrogens is 441 g/mol. The first-order valence-electron chi connectivity index (χ1n) is 11.4. The maximum absolute atomic E-state index is 14.6. The maximum atomic E-state index is 14.6. The summed E-state index contributed by atoms with van der Waals surface area (Å²) >= 11 is 0. The highest BCUT2D eigenvalue weighted by Crippen LogP contribution is 2.28. The van der Waals surface area contributed by atoms with Gasteiger partial charge in [-0.15, -0.1) is 5.10 Å². The van der Waals surface area contributed by atoms with Crippen molar-refractivity contribution in [3.63, 3.8) is 0 Å². The predicted molar refractivity (Wildman–Crippen MR) is 126 cm³/mol. The Balaban J connectivity index is 1.43. The molecule has 0 aliphatic heterocycles. The average Bonchev–Trinajstić information content (AvgIpc) is 3.33. The number of para-hydroxylation sites is 1. The second-order valence-electron chi connectivity index (χ2n) is 8.75. The fraction of sp³-hybridized carbons (Fsp3) is 0.417. The quantitative estimate of drug-likeness (QED) is 0.474. The summed E-state index contributed by atoms with van der Waals surface area (Å²) in [5.41, 5.74) is 1.45. The maximum Gasteiger partial charge on any atom is 0.262 e. The molecule has 3 aromatic rings. The number of halogens is 1. The van der Waals surface area contributed by atoms with Crippen LogP contribution in [0.4, 0.5) is 10.1 Å². The van der Waals surface area contributed by atoms with E-state index in [-0.39, 0.29) is 10.6 Å². The molecule has 1 aliphatic rings. The van der Waals surface area contributed by atoms with Gasteiger partial charge in [0.25, 0.3) is 10.0 Å². The smallest absolute Gasteiger partial charge is 0.262 e. The van der Waals surface area contributed by atoms with Gasteiger partial charge in [-0.05, 0) is 49.1 Å². The van der Waals surface area contributed by atoms with Crippen molar-refractivity contribution >= 4 is 15.7 Å². The number of anilines is 1. The minimum absolute atomic E-state index is 0.128. The van der Waals surface area contributed by atoms with Crippen LogP contribution in [-0.2, 0) is 16.6 Å². The molecule has 0 amide bonds. The van der Waals surface area contributed by atoms with Gasteiger partial charge in [-0.1, -0.05) is 55.5 Å². The van der Waals surface area contributed by atoms with E-state index in [1.54, 1.807) is 12.1 Å². The van der Waals surface area contributed by atoms with E-state index < -0.39 is 15.8 Å². The summed E-state index contributed by atoms with van der Waals surface area (Å²) in [6.45, 7) is 2.73. The summed E-state index contributed by atoms with van der Waals surface area (Å²) in [5.74, 6) is 0.0697. The molecule has 1 unspecified atom stereocenters. The van der Waals surface area contributed by atoms with Crippen molar-refractivity contribution in [3.8, 4) is 5.69 Å². The number of nitrogens with zero attached hydrogens (tertiary/aromatic N) is 3. The zero-order valence-corrected chi connectivity index (χ0v) is 19.6. The van der Waals surface area contributed by atoms with E-state index in [1.807, 2.05) is 12.1 Å². The van der Waals surface area contributed by atoms with Gasteiger partial charge in [-0.25, -0.2) is 17.5 Å². The molecule has 0 radical (unpaired) electrons. The molecule has 33 heavy (non-hydrogen) atoms. The molecule has 2 N–H and O–H groups in total. The lowest BCUT2D eigenvalue weighted by atomic mass is 9.85. The number of hydrogen-bond acceptors (Lipinski definition) is 5. The predicted octanol–water partition coefficient (Wildman–Crippen LogP) is 4.66. The van der Waals surface area contributed by atoms with Gasteiger partial charge in [0.2, 0.25) is 0 Å². The molecular formula is C24H30FN5O2S. The van der Waals surface area contributed by atoms with Gasteiger partial charge in [0.05, 0.1) is 23.0 Å². The lowest BCUT2D eigenvalue weighted by molar-refractivity contribution is 0.305. The molecule has 0 saturated heterocycles. The second-order valence-corrected chi connectivity index (χ2v) is 10.4. The minimum Gasteiger partial charge on any atom is -0.310 e. The molecule has 7 nitrogen and oxygen atoms in total. The summed E-state index contributed by atoms with van der Waals surface area (Å²) in [5, 5.41) is 10.9. The van der Waals surface area contributed by atoms with Gasteiger partial charge in [0.15, 0.2) is 0 Å². The van der Waals surface area contributed by atoms with Crippen LogP contribution < -0.4 is 10.0 Å². The zero-order valence-electron chi connectivity index (χ0n) is 18.7. The molecule has 1 atom stereocenters. The van der Waals surface area contributed by atoms with E-state index in [1.165, 1.54) is 61.3 Å². The average molecular weight is 472 g/mol. The van der Waals surface area contributed by atoms with Crippen LogP contribution in [0.2, 0.25) is 0 Å². The van der Waals surface area contributed by atoms with Crippen LogP contribution in [0.15, 0.2) is 59.8 Å². The van der Waals surface area contributed by atoms with Gasteiger partial charge in [-0.2, -0.15) is 0 Å². The van der Waals surface area contributed by atoms with Crippen LogP contribution in [0.1, 0.15) is 51.0 Å². The van der Waals surface area contributed by atoms with E-state index in [9.17, 15) is 12.8 Å². The highest BCUT2D eigenvalue weighted by molar-refractivity contribution is 7.92. The first kappa shape index (κ1) is 23.4. The Morgan fingerprint density at radius 2 is 1.94 bits per heavy atom. The van der Waals surface area contributed by atoms with E-state index in [0.717, 1.165) is 24.0 Å². The number of rotatable bonds is 9. The first-order chi connectivity index (χ1) is 15.9. The Kier molecular flexibility index (Phi) is 7.39. The SMILES string of the molecule is CC(CC1CCCCC1)NCc1ccccc1NS(=O)(=O)c1ccc(-n2ccnn2)c(F)c1. The normalized spacial score (nSPS) is 15.9. The summed E-state index contributed by atoms with van der Waals surface area (Å²) in [6, 6.07) is 11.3. The van der Waals surface area contributed by atoms with Gasteiger partial charge >= 0.3 is 0 Å². The Morgan fingerprint density at radius 3 is 2.67 bits per heavy atom. The van der Waals surface area contributed by atoms with Crippen LogP contribution in [0.3, 0.4) is 0 Å². The Morgan fingerprint density at radius 1 is 1.15 bits per heavy atom. The molecule has 1 heterocycles. The van der Waals surface area contributed by atoms with E-state index in [2.05, 4.69) is 27.3 Å². The fourth-order valence-corrected chi connectivity index (χ4v) is 5.56. The van der Waals surface area contributed by atoms with Crippen molar-refractivity contribution in [1.82, 2.24) is 20.3 Å². The number of benzene rings is 2. The van der Waals surface area contributed by atoms with E-state index in [4.69, 9.17) is 0 Å². The van der Waals surface area contributed by atoms with Gasteiger partial charge in [0, 0.05) is 12.6 Å². The topological polar surface area (TPSA) is 88.9 Å². The Bertz CT molecular complexity index is 1160. The first-order valence-corrected chi connectivity index (χ1v) is 12.9. The summed E-state index contributed by atoms with van der Waals surface area (Å²) < 4.78 is 44.4. The second kappa shape index (κ2) is 10.4. The number of aromatic nitrogens is 3. The van der Waals surface area contributed by atoms with Crippen molar-refractivity contribution in [2.45, 2.75) is 62.9 Å². The van der Waals surface area contributed by atoms with Crippen LogP contribution >= 0.6 is 0 Å². The van der Waals surface area contributed by atoms with Crippen LogP contribution in [0.25, 0.3) is 5.69 Å². The molecule has 1 aromatic heterocycles. The number of hydrogen-bond donors (Lipinski definition) is 2. The van der Waals surface area contributed by atoms with Crippen molar-refractivity contribution in [2.24, 2.45) is 5.92 Å². The summed E-state index contributed by atoms with van der Waals surface area (Å²) in [6.07, 6.45) is 10.6.